The zero-order valence-electron chi connectivity index (χ0n) is 16.0. The Morgan fingerprint density at radius 2 is 1.74 bits per heavy atom. The summed E-state index contributed by atoms with van der Waals surface area (Å²) in [5.41, 5.74) is 0.702. The summed E-state index contributed by atoms with van der Waals surface area (Å²) in [5.74, 6) is 1.45. The second-order valence-electron chi connectivity index (χ2n) is 6.97. The van der Waals surface area contributed by atoms with Gasteiger partial charge in [-0.15, -0.1) is 0 Å². The van der Waals surface area contributed by atoms with E-state index in [0.717, 1.165) is 31.9 Å². The molecule has 2 amide bonds. The number of carbonyl (C=O) groups is 1. The number of rotatable bonds is 6. The van der Waals surface area contributed by atoms with Gasteiger partial charge < -0.3 is 20.3 Å². The third-order valence-corrected chi connectivity index (χ3v) is 4.79. The predicted octanol–water partition coefficient (Wildman–Crippen LogP) is 3.24. The quantitative estimate of drug-likeness (QED) is 0.822. The Kier molecular flexibility index (Phi) is 6.68. The van der Waals surface area contributed by atoms with Crippen LogP contribution < -0.4 is 15.4 Å². The zero-order chi connectivity index (χ0) is 19.1. The van der Waals surface area contributed by atoms with Gasteiger partial charge in [0.2, 0.25) is 0 Å². The average molecular weight is 368 g/mol. The van der Waals surface area contributed by atoms with Gasteiger partial charge in [0.1, 0.15) is 11.5 Å². The summed E-state index contributed by atoms with van der Waals surface area (Å²) in [6.45, 7) is 7.00. The molecule has 1 atom stereocenters. The van der Waals surface area contributed by atoms with Crippen molar-refractivity contribution in [3.05, 3.63) is 54.6 Å². The molecular formula is C21H28N4O2. The minimum Gasteiger partial charge on any atom is -0.457 e. The second kappa shape index (κ2) is 9.39. The molecule has 1 fully saturated rings. The standard InChI is InChI=1S/C21H28N4O2/c1-17(25-13-11-24(2)12-14-25)16-22-21(26)23-18-7-6-10-20(15-18)27-19-8-4-3-5-9-19/h3-10,15,17H,11-14,16H2,1-2H3,(H2,22,23,26). The van der Waals surface area contributed by atoms with Gasteiger partial charge in [0.25, 0.3) is 0 Å². The predicted molar refractivity (Wildman–Crippen MR) is 109 cm³/mol. The lowest BCUT2D eigenvalue weighted by Crippen LogP contribution is -2.51. The molecule has 27 heavy (non-hydrogen) atoms. The number of anilines is 1. The van der Waals surface area contributed by atoms with E-state index < -0.39 is 0 Å². The molecule has 1 unspecified atom stereocenters. The fourth-order valence-corrected chi connectivity index (χ4v) is 3.07. The van der Waals surface area contributed by atoms with Crippen molar-refractivity contribution in [2.75, 3.05) is 45.1 Å². The lowest BCUT2D eigenvalue weighted by molar-refractivity contribution is 0.119. The highest BCUT2D eigenvalue weighted by molar-refractivity contribution is 5.89. The second-order valence-corrected chi connectivity index (χ2v) is 6.97. The summed E-state index contributed by atoms with van der Waals surface area (Å²) in [5, 5.41) is 5.84. The first kappa shape index (κ1) is 19.2. The van der Waals surface area contributed by atoms with Gasteiger partial charge in [0.05, 0.1) is 0 Å². The molecule has 144 valence electrons. The molecule has 1 aliphatic heterocycles. The molecular weight excluding hydrogens is 340 g/mol. The SMILES string of the molecule is CC(CNC(=O)Nc1cccc(Oc2ccccc2)c1)N1CCN(C)CC1. The van der Waals surface area contributed by atoms with E-state index in [4.69, 9.17) is 4.74 Å². The Morgan fingerprint density at radius 1 is 1.04 bits per heavy atom. The van der Waals surface area contributed by atoms with Gasteiger partial charge in [-0.05, 0) is 38.2 Å². The number of hydrogen-bond acceptors (Lipinski definition) is 4. The maximum Gasteiger partial charge on any atom is 0.319 e. The molecule has 2 N–H and O–H groups in total. The van der Waals surface area contributed by atoms with Crippen molar-refractivity contribution in [1.82, 2.24) is 15.1 Å². The van der Waals surface area contributed by atoms with Gasteiger partial charge in [0, 0.05) is 50.5 Å². The lowest BCUT2D eigenvalue weighted by Gasteiger charge is -2.36. The van der Waals surface area contributed by atoms with Crippen LogP contribution in [0.25, 0.3) is 0 Å². The Morgan fingerprint density at radius 3 is 2.48 bits per heavy atom. The van der Waals surface area contributed by atoms with Crippen molar-refractivity contribution in [2.45, 2.75) is 13.0 Å². The molecule has 0 saturated carbocycles. The number of piperazine rings is 1. The first-order chi connectivity index (χ1) is 13.1. The van der Waals surface area contributed by atoms with E-state index in [1.54, 1.807) is 0 Å². The summed E-state index contributed by atoms with van der Waals surface area (Å²) in [6, 6.07) is 17.1. The van der Waals surface area contributed by atoms with Crippen molar-refractivity contribution >= 4 is 11.7 Å². The monoisotopic (exact) mass is 368 g/mol. The molecule has 1 heterocycles. The van der Waals surface area contributed by atoms with Gasteiger partial charge in [-0.1, -0.05) is 24.3 Å². The van der Waals surface area contributed by atoms with E-state index in [9.17, 15) is 4.79 Å². The van der Waals surface area contributed by atoms with Crippen LogP contribution in [0.15, 0.2) is 54.6 Å². The maximum atomic E-state index is 12.2. The Labute approximate surface area is 161 Å². The van der Waals surface area contributed by atoms with Crippen molar-refractivity contribution in [3.8, 4) is 11.5 Å². The van der Waals surface area contributed by atoms with Gasteiger partial charge in [-0.3, -0.25) is 4.90 Å². The number of ether oxygens (including phenoxy) is 1. The first-order valence-electron chi connectivity index (χ1n) is 9.40. The number of nitrogens with one attached hydrogen (secondary N) is 2. The topological polar surface area (TPSA) is 56.8 Å². The minimum absolute atomic E-state index is 0.201. The molecule has 3 rings (SSSR count). The van der Waals surface area contributed by atoms with Gasteiger partial charge in [-0.2, -0.15) is 0 Å². The smallest absolute Gasteiger partial charge is 0.319 e. The fourth-order valence-electron chi connectivity index (χ4n) is 3.07. The van der Waals surface area contributed by atoms with Crippen molar-refractivity contribution in [1.29, 1.82) is 0 Å². The highest BCUT2D eigenvalue weighted by atomic mass is 16.5. The molecule has 6 heteroatoms. The van der Waals surface area contributed by atoms with Crippen LogP contribution in [0.1, 0.15) is 6.92 Å². The lowest BCUT2D eigenvalue weighted by atomic mass is 10.2. The van der Waals surface area contributed by atoms with Gasteiger partial charge in [-0.25, -0.2) is 4.79 Å². The van der Waals surface area contributed by atoms with E-state index in [1.807, 2.05) is 54.6 Å². The van der Waals surface area contributed by atoms with E-state index in [2.05, 4.69) is 34.4 Å². The van der Waals surface area contributed by atoms with Crippen LogP contribution in [0.2, 0.25) is 0 Å². The van der Waals surface area contributed by atoms with E-state index in [-0.39, 0.29) is 6.03 Å². The summed E-state index contributed by atoms with van der Waals surface area (Å²) in [4.78, 5) is 17.0. The van der Waals surface area contributed by atoms with Gasteiger partial charge >= 0.3 is 6.03 Å². The summed E-state index contributed by atoms with van der Waals surface area (Å²) >= 11 is 0. The van der Waals surface area contributed by atoms with E-state index in [1.165, 1.54) is 0 Å². The van der Waals surface area contributed by atoms with Crippen LogP contribution in [0.3, 0.4) is 0 Å². The minimum atomic E-state index is -0.201. The number of hydrogen-bond donors (Lipinski definition) is 2. The largest absolute Gasteiger partial charge is 0.457 e. The van der Waals surface area contributed by atoms with Crippen LogP contribution >= 0.6 is 0 Å². The Hall–Kier alpha value is -2.57. The van der Waals surface area contributed by atoms with E-state index >= 15 is 0 Å². The van der Waals surface area contributed by atoms with Crippen molar-refractivity contribution in [3.63, 3.8) is 0 Å². The van der Waals surface area contributed by atoms with Crippen molar-refractivity contribution < 1.29 is 9.53 Å². The molecule has 2 aromatic carbocycles. The highest BCUT2D eigenvalue weighted by Gasteiger charge is 2.19. The summed E-state index contributed by atoms with van der Waals surface area (Å²) in [7, 11) is 2.14. The van der Waals surface area contributed by atoms with Crippen LogP contribution in [0.4, 0.5) is 10.5 Å². The Bertz CT molecular complexity index is 730. The molecule has 0 bridgehead atoms. The number of carbonyl (C=O) groups excluding carboxylic acids is 1. The number of likely N-dealkylation sites (N-methyl/N-ethyl adjacent to an activating group) is 1. The molecule has 6 nitrogen and oxygen atoms in total. The van der Waals surface area contributed by atoms with Crippen LogP contribution in [0.5, 0.6) is 11.5 Å². The number of nitrogens with zero attached hydrogens (tertiary/aromatic N) is 2. The third-order valence-electron chi connectivity index (χ3n) is 4.79. The normalized spacial score (nSPS) is 16.5. The van der Waals surface area contributed by atoms with Crippen LogP contribution in [0, 0.1) is 0 Å². The summed E-state index contributed by atoms with van der Waals surface area (Å²) in [6.07, 6.45) is 0. The first-order valence-corrected chi connectivity index (χ1v) is 9.40. The highest BCUT2D eigenvalue weighted by Crippen LogP contribution is 2.23. The molecule has 0 radical (unpaired) electrons. The van der Waals surface area contributed by atoms with Crippen LogP contribution in [-0.2, 0) is 0 Å². The molecule has 2 aromatic rings. The zero-order valence-corrected chi connectivity index (χ0v) is 16.0. The molecule has 0 aromatic heterocycles. The number of urea groups is 1. The Balaban J connectivity index is 1.47. The molecule has 0 spiro atoms. The number of benzene rings is 2. The molecule has 1 saturated heterocycles. The molecule has 1 aliphatic rings. The third kappa shape index (κ3) is 5.98. The number of para-hydroxylation sites is 1. The maximum absolute atomic E-state index is 12.2. The number of amides is 2. The van der Waals surface area contributed by atoms with Gasteiger partial charge in [0.15, 0.2) is 0 Å². The van der Waals surface area contributed by atoms with Crippen molar-refractivity contribution in [2.24, 2.45) is 0 Å². The molecule has 0 aliphatic carbocycles. The van der Waals surface area contributed by atoms with Crippen LogP contribution in [-0.4, -0.2) is 61.6 Å². The van der Waals surface area contributed by atoms with E-state index in [0.29, 0.717) is 24.0 Å². The fraction of sp³-hybridized carbons (Fsp3) is 0.381. The summed E-state index contributed by atoms with van der Waals surface area (Å²) < 4.78 is 5.80. The average Bonchev–Trinajstić information content (AvgIpc) is 2.68.